The standard InChI is InChI=1S/C64H38N4.U/c1-4-17-41(18-5-1)43-33-35-45(36-34-43)62-65-61(44-21-8-3-9-22-44)66-63(67-62)51-27-16-29-55-59(51)52-40-48(47-24-14-23-46(39-47)42-19-6-2-7-20-42)37-38-53(52)64(55)54-28-11-13-32-58(54)68-57-31-12-10-25-49(57)50-26-15-30-56(64)60(50)68;/h1-19,21-38,40H;/q-2;+2. The molecule has 69 heavy (non-hydrogen) atoms. The zero-order valence-electron chi connectivity index (χ0n) is 37.2. The second kappa shape index (κ2) is 16.4. The summed E-state index contributed by atoms with van der Waals surface area (Å²) >= 11 is 0. The summed E-state index contributed by atoms with van der Waals surface area (Å²) in [6, 6.07) is 89.4. The summed E-state index contributed by atoms with van der Waals surface area (Å²) in [5.41, 5.74) is 19.3. The molecule has 0 N–H and O–H groups in total. The Morgan fingerprint density at radius 3 is 1.77 bits per heavy atom. The zero-order valence-corrected chi connectivity index (χ0v) is 41.4. The summed E-state index contributed by atoms with van der Waals surface area (Å²) in [7, 11) is 0. The van der Waals surface area contributed by atoms with E-state index in [4.69, 9.17) is 15.0 Å². The van der Waals surface area contributed by atoms with Crippen molar-refractivity contribution < 1.29 is 31.1 Å². The van der Waals surface area contributed by atoms with Gasteiger partial charge in [0.05, 0.1) is 22.1 Å². The van der Waals surface area contributed by atoms with E-state index >= 15 is 0 Å². The second-order valence-electron chi connectivity index (χ2n) is 17.7. The fraction of sp³-hybridized carbons (Fsp3) is 0.0156. The minimum absolute atomic E-state index is 0. The van der Waals surface area contributed by atoms with E-state index in [9.17, 15) is 0 Å². The Morgan fingerprint density at radius 1 is 0.377 bits per heavy atom. The third-order valence-electron chi connectivity index (χ3n) is 14.1. The van der Waals surface area contributed by atoms with Gasteiger partial charge in [0.1, 0.15) is 0 Å². The van der Waals surface area contributed by atoms with Gasteiger partial charge in [-0.15, -0.1) is 23.8 Å². The number of hydrogen-bond donors (Lipinski definition) is 0. The summed E-state index contributed by atoms with van der Waals surface area (Å²) in [5.74, 6) is 1.86. The molecule has 3 heterocycles. The molecule has 1 unspecified atom stereocenters. The normalized spacial score (nSPS) is 14.0. The number of rotatable bonds is 6. The van der Waals surface area contributed by atoms with E-state index in [0.717, 1.165) is 61.2 Å². The van der Waals surface area contributed by atoms with Crippen molar-refractivity contribution in [3.05, 3.63) is 265 Å². The minimum atomic E-state index is -0.671. The molecule has 0 saturated carbocycles. The van der Waals surface area contributed by atoms with Crippen molar-refractivity contribution in [2.24, 2.45) is 0 Å². The van der Waals surface area contributed by atoms with Gasteiger partial charge in [-0.1, -0.05) is 181 Å². The predicted octanol–water partition coefficient (Wildman–Crippen LogP) is 15.2. The van der Waals surface area contributed by atoms with E-state index in [-0.39, 0.29) is 31.1 Å². The van der Waals surface area contributed by atoms with Gasteiger partial charge in [-0.3, -0.25) is 0 Å². The Labute approximate surface area is 424 Å². The minimum Gasteiger partial charge on any atom is -0.309 e. The van der Waals surface area contributed by atoms with Gasteiger partial charge in [-0.2, -0.15) is 42.0 Å². The average molecular weight is 1100 g/mol. The molecular formula is C64H38N4U. The van der Waals surface area contributed by atoms with Crippen molar-refractivity contribution in [1.29, 1.82) is 0 Å². The second-order valence-corrected chi connectivity index (χ2v) is 17.7. The van der Waals surface area contributed by atoms with Crippen LogP contribution < -0.4 is 0 Å². The molecule has 2 aliphatic rings. The number of nitrogens with zero attached hydrogens (tertiary/aromatic N) is 4. The molecule has 5 heteroatoms. The van der Waals surface area contributed by atoms with Gasteiger partial charge in [0.25, 0.3) is 0 Å². The molecule has 1 spiro atoms. The fourth-order valence-electron chi connectivity index (χ4n) is 11.2. The van der Waals surface area contributed by atoms with E-state index in [1.807, 2.05) is 36.4 Å². The molecule has 1 aliphatic carbocycles. The molecule has 0 saturated heterocycles. The molecule has 0 amide bonds. The van der Waals surface area contributed by atoms with Crippen LogP contribution >= 0.6 is 0 Å². The first-order valence-corrected chi connectivity index (χ1v) is 23.1. The van der Waals surface area contributed by atoms with Gasteiger partial charge in [-0.05, 0) is 56.6 Å². The molecule has 1 aliphatic heterocycles. The maximum atomic E-state index is 5.42. The van der Waals surface area contributed by atoms with E-state index in [1.165, 1.54) is 49.7 Å². The van der Waals surface area contributed by atoms with Crippen LogP contribution in [-0.2, 0) is 5.41 Å². The van der Waals surface area contributed by atoms with Crippen LogP contribution in [0.4, 0.5) is 0 Å². The summed E-state index contributed by atoms with van der Waals surface area (Å²) in [4.78, 5) is 16.0. The number of para-hydroxylation sites is 3. The largest absolute Gasteiger partial charge is 2.00 e. The van der Waals surface area contributed by atoms with Gasteiger partial charge in [0.2, 0.25) is 0 Å². The van der Waals surface area contributed by atoms with Crippen LogP contribution in [0.5, 0.6) is 0 Å². The smallest absolute Gasteiger partial charge is 0.309 e. The molecule has 12 aromatic rings. The number of benzene rings is 10. The first kappa shape index (κ1) is 41.3. The van der Waals surface area contributed by atoms with Gasteiger partial charge >= 0.3 is 31.1 Å². The van der Waals surface area contributed by atoms with Crippen LogP contribution in [-0.4, -0.2) is 19.5 Å². The van der Waals surface area contributed by atoms with Crippen molar-refractivity contribution in [2.45, 2.75) is 5.41 Å². The Balaban J connectivity index is 0.00000469. The SMILES string of the molecule is [U+2].[c-]1ccccc1-c1[c-]c(-c2ccc3c(c2)-c2c(-c4nc(-c5ccccc5)nc(-c5ccc(-c6ccccc6)cc5)n4)cccc2C32c3ccccc3-n3c4ccccc4c4cccc2c43)ccc1. The van der Waals surface area contributed by atoms with Crippen molar-refractivity contribution in [3.8, 4) is 84.4 Å². The number of fused-ring (bicyclic) bond motifs is 12. The van der Waals surface area contributed by atoms with Gasteiger partial charge in [-0.25, -0.2) is 20.5 Å². The summed E-state index contributed by atoms with van der Waals surface area (Å²) in [5, 5.41) is 2.49. The molecular weight excluding hydrogens is 1060 g/mol. The Morgan fingerprint density at radius 2 is 0.957 bits per heavy atom. The van der Waals surface area contributed by atoms with Gasteiger partial charge < -0.3 is 4.57 Å². The van der Waals surface area contributed by atoms with Crippen molar-refractivity contribution in [2.75, 3.05) is 0 Å². The van der Waals surface area contributed by atoms with E-state index in [0.29, 0.717) is 17.5 Å². The Hall–Kier alpha value is -7.94. The van der Waals surface area contributed by atoms with Gasteiger partial charge in [0, 0.05) is 27.5 Å². The quantitative estimate of drug-likeness (QED) is 0.156. The van der Waals surface area contributed by atoms with Crippen LogP contribution in [0.25, 0.3) is 106 Å². The first-order chi connectivity index (χ1) is 33.7. The third-order valence-corrected chi connectivity index (χ3v) is 14.1. The van der Waals surface area contributed by atoms with Crippen LogP contribution in [0.15, 0.2) is 231 Å². The Bertz CT molecular complexity index is 3960. The summed E-state index contributed by atoms with van der Waals surface area (Å²) < 4.78 is 2.49. The monoisotopic (exact) mass is 1100 g/mol. The maximum Gasteiger partial charge on any atom is 2.00 e. The van der Waals surface area contributed by atoms with E-state index in [2.05, 4.69) is 211 Å². The van der Waals surface area contributed by atoms with Crippen LogP contribution in [0.3, 0.4) is 0 Å². The molecule has 318 valence electrons. The first-order valence-electron chi connectivity index (χ1n) is 23.1. The van der Waals surface area contributed by atoms with Gasteiger partial charge in [0.15, 0.2) is 17.5 Å². The van der Waals surface area contributed by atoms with Crippen LogP contribution in [0.1, 0.15) is 22.3 Å². The predicted molar refractivity (Wildman–Crippen MR) is 275 cm³/mol. The molecule has 2 aromatic heterocycles. The molecule has 0 fully saturated rings. The molecule has 1 atom stereocenters. The molecule has 0 bridgehead atoms. The number of aromatic nitrogens is 4. The fourth-order valence-corrected chi connectivity index (χ4v) is 11.2. The van der Waals surface area contributed by atoms with Crippen molar-refractivity contribution >= 4 is 21.8 Å². The number of hydrogen-bond acceptors (Lipinski definition) is 3. The topological polar surface area (TPSA) is 43.6 Å². The van der Waals surface area contributed by atoms with Crippen LogP contribution in [0, 0.1) is 43.2 Å². The third kappa shape index (κ3) is 6.32. The van der Waals surface area contributed by atoms with E-state index < -0.39 is 5.41 Å². The van der Waals surface area contributed by atoms with E-state index in [1.54, 1.807) is 0 Å². The summed E-state index contributed by atoms with van der Waals surface area (Å²) in [6.45, 7) is 0. The van der Waals surface area contributed by atoms with Crippen molar-refractivity contribution in [1.82, 2.24) is 19.5 Å². The van der Waals surface area contributed by atoms with Crippen LogP contribution in [0.2, 0.25) is 0 Å². The molecule has 4 nitrogen and oxygen atoms in total. The average Bonchev–Trinajstić information content (AvgIpc) is 3.92. The maximum absolute atomic E-state index is 5.42. The molecule has 14 rings (SSSR count). The summed E-state index contributed by atoms with van der Waals surface area (Å²) in [6.07, 6.45) is 0. The zero-order chi connectivity index (χ0) is 44.8. The molecule has 10 aromatic carbocycles. The molecule has 0 radical (unpaired) electrons. The Kier molecular flexibility index (Phi) is 9.80. The van der Waals surface area contributed by atoms with Crippen molar-refractivity contribution in [3.63, 3.8) is 0 Å².